The molecule has 0 atom stereocenters. The van der Waals surface area contributed by atoms with Crippen LogP contribution < -0.4 is 0 Å². The summed E-state index contributed by atoms with van der Waals surface area (Å²) >= 11 is 0. The van der Waals surface area contributed by atoms with E-state index >= 15 is 0 Å². The number of rotatable bonds is 4. The topological polar surface area (TPSA) is 71.3 Å². The lowest BCUT2D eigenvalue weighted by atomic mass is 10.1. The fraction of sp³-hybridized carbons (Fsp3) is 0.375. The second-order valence-corrected chi connectivity index (χ2v) is 5.90. The van der Waals surface area contributed by atoms with Crippen LogP contribution in [0, 0.1) is 0 Å². The molecule has 120 valence electrons. The molecule has 2 aromatic rings. The van der Waals surface area contributed by atoms with Crippen molar-refractivity contribution in [1.82, 2.24) is 24.8 Å². The van der Waals surface area contributed by atoms with E-state index < -0.39 is 0 Å². The van der Waals surface area contributed by atoms with Gasteiger partial charge in [-0.25, -0.2) is 4.68 Å². The summed E-state index contributed by atoms with van der Waals surface area (Å²) in [5.74, 6) is -0.0651. The maximum Gasteiger partial charge on any atom is 0.275 e. The first kappa shape index (κ1) is 15.2. The number of benzene rings is 1. The van der Waals surface area contributed by atoms with E-state index in [1.165, 1.54) is 4.90 Å². The fourth-order valence-electron chi connectivity index (χ4n) is 2.49. The van der Waals surface area contributed by atoms with E-state index in [-0.39, 0.29) is 17.9 Å². The molecule has 0 aliphatic carbocycles. The van der Waals surface area contributed by atoms with E-state index in [2.05, 4.69) is 10.3 Å². The van der Waals surface area contributed by atoms with Crippen LogP contribution in [0.2, 0.25) is 0 Å². The van der Waals surface area contributed by atoms with Gasteiger partial charge >= 0.3 is 0 Å². The van der Waals surface area contributed by atoms with E-state index in [1.807, 2.05) is 30.3 Å². The normalized spacial score (nSPS) is 14.4. The number of aromatic nitrogens is 3. The van der Waals surface area contributed by atoms with Gasteiger partial charge in [-0.1, -0.05) is 35.5 Å². The van der Waals surface area contributed by atoms with Crippen LogP contribution in [0.4, 0.5) is 0 Å². The van der Waals surface area contributed by atoms with Crippen LogP contribution in [0.1, 0.15) is 22.1 Å². The molecule has 7 nitrogen and oxygen atoms in total. The van der Waals surface area contributed by atoms with Gasteiger partial charge in [0.05, 0.1) is 18.7 Å². The lowest BCUT2D eigenvalue weighted by molar-refractivity contribution is -0.136. The van der Waals surface area contributed by atoms with E-state index in [0.29, 0.717) is 25.2 Å². The smallest absolute Gasteiger partial charge is 0.275 e. The fourth-order valence-corrected chi connectivity index (χ4v) is 2.49. The molecular weight excluding hydrogens is 294 g/mol. The Kier molecular flexibility index (Phi) is 4.10. The molecule has 0 saturated carbocycles. The zero-order valence-electron chi connectivity index (χ0n) is 13.2. The zero-order valence-corrected chi connectivity index (χ0v) is 13.2. The van der Waals surface area contributed by atoms with Crippen LogP contribution in [0.5, 0.6) is 0 Å². The lowest BCUT2D eigenvalue weighted by Gasteiger charge is -2.38. The van der Waals surface area contributed by atoms with Crippen molar-refractivity contribution in [1.29, 1.82) is 0 Å². The highest BCUT2D eigenvalue weighted by molar-refractivity contribution is 5.91. The molecule has 1 aliphatic heterocycles. The summed E-state index contributed by atoms with van der Waals surface area (Å²) in [6.07, 6.45) is 2.06. The van der Waals surface area contributed by atoms with Gasteiger partial charge in [0.1, 0.15) is 0 Å². The van der Waals surface area contributed by atoms with Crippen LogP contribution >= 0.6 is 0 Å². The molecule has 3 rings (SSSR count). The molecule has 2 heterocycles. The molecule has 0 radical (unpaired) electrons. The Morgan fingerprint density at radius 2 is 1.91 bits per heavy atom. The number of carbonyl (C=O) groups excluding carboxylic acids is 2. The van der Waals surface area contributed by atoms with Crippen LogP contribution in [-0.4, -0.2) is 63.8 Å². The van der Waals surface area contributed by atoms with Crippen molar-refractivity contribution in [3.63, 3.8) is 0 Å². The predicted molar refractivity (Wildman–Crippen MR) is 83.8 cm³/mol. The molecule has 1 saturated heterocycles. The van der Waals surface area contributed by atoms with Gasteiger partial charge in [0, 0.05) is 27.2 Å². The Labute approximate surface area is 134 Å². The Morgan fingerprint density at radius 3 is 2.57 bits per heavy atom. The van der Waals surface area contributed by atoms with Gasteiger partial charge in [-0.15, -0.1) is 5.10 Å². The summed E-state index contributed by atoms with van der Waals surface area (Å²) in [4.78, 5) is 27.3. The van der Waals surface area contributed by atoms with E-state index in [4.69, 9.17) is 0 Å². The Balaban J connectivity index is 1.55. The van der Waals surface area contributed by atoms with Gasteiger partial charge in [0.15, 0.2) is 5.69 Å². The second kappa shape index (κ2) is 6.20. The van der Waals surface area contributed by atoms with Crippen LogP contribution in [0.3, 0.4) is 0 Å². The van der Waals surface area contributed by atoms with Crippen molar-refractivity contribution >= 4 is 11.8 Å². The quantitative estimate of drug-likeness (QED) is 0.829. The van der Waals surface area contributed by atoms with Crippen LogP contribution in [-0.2, 0) is 11.2 Å². The summed E-state index contributed by atoms with van der Waals surface area (Å²) < 4.78 is 1.67. The van der Waals surface area contributed by atoms with Crippen molar-refractivity contribution < 1.29 is 9.59 Å². The Bertz CT molecular complexity index is 704. The minimum absolute atomic E-state index is 0.0888. The van der Waals surface area contributed by atoms with Gasteiger partial charge in [-0.2, -0.15) is 0 Å². The van der Waals surface area contributed by atoms with Crippen LogP contribution in [0.15, 0.2) is 36.5 Å². The van der Waals surface area contributed by atoms with Crippen LogP contribution in [0.25, 0.3) is 0 Å². The number of amides is 2. The SMILES string of the molecule is CN(C)C(=O)c1cn(C2CN(C(=O)Cc3ccccc3)C2)nn1. The molecular formula is C16H19N5O2. The molecule has 1 fully saturated rings. The molecule has 7 heteroatoms. The van der Waals surface area contributed by atoms with E-state index in [9.17, 15) is 9.59 Å². The average Bonchev–Trinajstić information content (AvgIpc) is 2.95. The van der Waals surface area contributed by atoms with Gasteiger partial charge in [0.25, 0.3) is 5.91 Å². The first-order chi connectivity index (χ1) is 11.0. The molecule has 0 unspecified atom stereocenters. The molecule has 1 aromatic heterocycles. The number of likely N-dealkylation sites (tertiary alicyclic amines) is 1. The first-order valence-electron chi connectivity index (χ1n) is 7.50. The third-order valence-electron chi connectivity index (χ3n) is 3.92. The van der Waals surface area contributed by atoms with Gasteiger partial charge in [0.2, 0.25) is 5.91 Å². The summed E-state index contributed by atoms with van der Waals surface area (Å²) in [7, 11) is 3.35. The molecule has 23 heavy (non-hydrogen) atoms. The van der Waals surface area contributed by atoms with Crippen molar-refractivity contribution in [3.05, 3.63) is 47.8 Å². The van der Waals surface area contributed by atoms with Gasteiger partial charge in [-0.05, 0) is 5.56 Å². The van der Waals surface area contributed by atoms with Crippen molar-refractivity contribution in [2.45, 2.75) is 12.5 Å². The average molecular weight is 313 g/mol. The molecule has 0 N–H and O–H groups in total. The standard InChI is InChI=1S/C16H19N5O2/c1-19(2)16(23)14-11-21(18-17-14)13-9-20(10-13)15(22)8-12-6-4-3-5-7-12/h3-7,11,13H,8-10H2,1-2H3. The molecule has 1 aromatic carbocycles. The first-order valence-corrected chi connectivity index (χ1v) is 7.50. The van der Waals surface area contributed by atoms with Crippen molar-refractivity contribution in [2.75, 3.05) is 27.2 Å². The minimum atomic E-state index is -0.174. The minimum Gasteiger partial charge on any atom is -0.343 e. The molecule has 0 spiro atoms. The largest absolute Gasteiger partial charge is 0.343 e. The number of nitrogens with zero attached hydrogens (tertiary/aromatic N) is 5. The zero-order chi connectivity index (χ0) is 16.4. The predicted octanol–water partition coefficient (Wildman–Crippen LogP) is 0.606. The highest BCUT2D eigenvalue weighted by Crippen LogP contribution is 2.21. The Hall–Kier alpha value is -2.70. The van der Waals surface area contributed by atoms with Gasteiger partial charge < -0.3 is 9.80 Å². The highest BCUT2D eigenvalue weighted by Gasteiger charge is 2.33. The molecule has 1 aliphatic rings. The molecule has 2 amide bonds. The lowest BCUT2D eigenvalue weighted by Crippen LogP contribution is -2.51. The van der Waals surface area contributed by atoms with E-state index in [0.717, 1.165) is 5.56 Å². The number of carbonyl (C=O) groups is 2. The summed E-state index contributed by atoms with van der Waals surface area (Å²) in [5.41, 5.74) is 1.34. The highest BCUT2D eigenvalue weighted by atomic mass is 16.2. The monoisotopic (exact) mass is 313 g/mol. The third-order valence-corrected chi connectivity index (χ3v) is 3.92. The Morgan fingerprint density at radius 1 is 1.22 bits per heavy atom. The number of hydrogen-bond donors (Lipinski definition) is 0. The van der Waals surface area contributed by atoms with E-state index in [1.54, 1.807) is 29.9 Å². The second-order valence-electron chi connectivity index (χ2n) is 5.90. The summed E-state index contributed by atoms with van der Waals surface area (Å²) in [6.45, 7) is 1.20. The maximum atomic E-state index is 12.2. The van der Waals surface area contributed by atoms with Crippen molar-refractivity contribution in [3.8, 4) is 0 Å². The van der Waals surface area contributed by atoms with Crippen molar-refractivity contribution in [2.24, 2.45) is 0 Å². The summed E-state index contributed by atoms with van der Waals surface area (Å²) in [5, 5.41) is 7.90. The molecule has 0 bridgehead atoms. The third kappa shape index (κ3) is 3.23. The van der Waals surface area contributed by atoms with Gasteiger partial charge in [-0.3, -0.25) is 9.59 Å². The number of hydrogen-bond acceptors (Lipinski definition) is 4. The summed E-state index contributed by atoms with van der Waals surface area (Å²) in [6, 6.07) is 9.79. The maximum absolute atomic E-state index is 12.2.